The summed E-state index contributed by atoms with van der Waals surface area (Å²) in [6.07, 6.45) is 1.45. The van der Waals surface area contributed by atoms with Gasteiger partial charge in [0.25, 0.3) is 0 Å². The number of rotatable bonds is 10. The maximum Gasteiger partial charge on any atom is 0.313 e. The van der Waals surface area contributed by atoms with Crippen molar-refractivity contribution in [2.75, 3.05) is 6.61 Å². The molecule has 0 amide bonds. The van der Waals surface area contributed by atoms with Crippen LogP contribution in [-0.2, 0) is 20.8 Å². The van der Waals surface area contributed by atoms with Gasteiger partial charge in [-0.15, -0.1) is 0 Å². The predicted molar refractivity (Wildman–Crippen MR) is 128 cm³/mol. The molecule has 2 aromatic rings. The zero-order chi connectivity index (χ0) is 25.4. The number of hydrogen-bond acceptors (Lipinski definition) is 8. The molecule has 2 aromatic carbocycles. The minimum Gasteiger partial charge on any atom is -0.508 e. The maximum atomic E-state index is 12.3. The third-order valence-corrected chi connectivity index (χ3v) is 4.91. The Kier molecular flexibility index (Phi) is 9.77. The van der Waals surface area contributed by atoms with Crippen LogP contribution >= 0.6 is 11.6 Å². The summed E-state index contributed by atoms with van der Waals surface area (Å²) in [5.74, 6) is -2.58. The van der Waals surface area contributed by atoms with E-state index < -0.39 is 42.2 Å². The summed E-state index contributed by atoms with van der Waals surface area (Å²) in [6.45, 7) is 5.90. The summed E-state index contributed by atoms with van der Waals surface area (Å²) in [5, 5.41) is 19.0. The third-order valence-electron chi connectivity index (χ3n) is 4.69. The molecule has 1 atom stereocenters. The van der Waals surface area contributed by atoms with E-state index in [0.29, 0.717) is 5.56 Å². The van der Waals surface area contributed by atoms with Gasteiger partial charge >= 0.3 is 11.9 Å². The fourth-order valence-electron chi connectivity index (χ4n) is 2.70. The molecule has 0 radical (unpaired) electrons. The number of aromatic hydroxyl groups is 1. The van der Waals surface area contributed by atoms with E-state index in [-0.39, 0.29) is 34.3 Å². The number of esters is 2. The molecule has 9 heteroatoms. The topological polar surface area (TPSA) is 122 Å². The van der Waals surface area contributed by atoms with Crippen LogP contribution in [0.3, 0.4) is 0 Å². The van der Waals surface area contributed by atoms with Gasteiger partial charge in [0.1, 0.15) is 18.4 Å². The largest absolute Gasteiger partial charge is 0.508 e. The number of aliphatic hydroxyl groups is 1. The molecule has 182 valence electrons. The first-order valence-corrected chi connectivity index (χ1v) is 11.1. The van der Waals surface area contributed by atoms with Crippen molar-refractivity contribution >= 4 is 35.5 Å². The van der Waals surface area contributed by atoms with E-state index in [1.807, 2.05) is 0 Å². The van der Waals surface area contributed by atoms with E-state index in [2.05, 4.69) is 4.99 Å². The predicted octanol–water partition coefficient (Wildman–Crippen LogP) is 3.76. The van der Waals surface area contributed by atoms with Gasteiger partial charge in [0.05, 0.1) is 11.8 Å². The number of benzene rings is 2. The molecular weight excluding hydrogens is 462 g/mol. The molecule has 0 aliphatic carbocycles. The van der Waals surface area contributed by atoms with Crippen molar-refractivity contribution < 1.29 is 34.1 Å². The highest BCUT2D eigenvalue weighted by atomic mass is 35.5. The van der Waals surface area contributed by atoms with Gasteiger partial charge in [-0.2, -0.15) is 0 Å². The van der Waals surface area contributed by atoms with Gasteiger partial charge in [0.2, 0.25) is 0 Å². The third kappa shape index (κ3) is 7.67. The first kappa shape index (κ1) is 27.0. The molecule has 1 unspecified atom stereocenters. The lowest BCUT2D eigenvalue weighted by Crippen LogP contribution is -2.24. The van der Waals surface area contributed by atoms with E-state index in [9.17, 15) is 24.6 Å². The Balaban J connectivity index is 2.49. The molecule has 0 fully saturated rings. The Labute approximate surface area is 203 Å². The molecule has 2 rings (SSSR count). The van der Waals surface area contributed by atoms with Crippen LogP contribution in [0.1, 0.15) is 38.8 Å². The number of ether oxygens (including phenoxy) is 2. The molecule has 0 aliphatic heterocycles. The number of nitrogens with zero attached hydrogens (tertiary/aromatic N) is 1. The number of phenolic OH excluding ortho intramolecular Hbond substituents is 1. The normalized spacial score (nSPS) is 12.2. The Bertz CT molecular complexity index is 1060. The van der Waals surface area contributed by atoms with Crippen molar-refractivity contribution in [3.63, 3.8) is 0 Å². The molecule has 0 saturated heterocycles. The quantitative estimate of drug-likeness (QED) is 0.296. The number of carbonyl (C=O) groups excluding carboxylic acids is 3. The Hall–Kier alpha value is -3.23. The molecule has 0 bridgehead atoms. The standard InChI is InChI=1S/C25H28ClNO7/c1-14(2)24(31)33-22-11-18(26)10-17(23(22)34-25(32)15(3)4)12-27-20(21(30)13-28)9-16-5-7-19(29)8-6-16/h5-8,10-12,14-15,20,28-29H,9,13H2,1-4H3. The lowest BCUT2D eigenvalue weighted by molar-refractivity contribution is -0.140. The van der Waals surface area contributed by atoms with E-state index >= 15 is 0 Å². The van der Waals surface area contributed by atoms with Gasteiger partial charge in [-0.1, -0.05) is 51.4 Å². The highest BCUT2D eigenvalue weighted by Crippen LogP contribution is 2.35. The van der Waals surface area contributed by atoms with Crippen molar-refractivity contribution in [2.24, 2.45) is 16.8 Å². The number of phenols is 1. The van der Waals surface area contributed by atoms with Gasteiger partial charge < -0.3 is 19.7 Å². The zero-order valence-electron chi connectivity index (χ0n) is 19.4. The number of aliphatic imine (C=N–C) groups is 1. The minimum atomic E-state index is -0.955. The van der Waals surface area contributed by atoms with Crippen molar-refractivity contribution in [1.29, 1.82) is 0 Å². The van der Waals surface area contributed by atoms with E-state index in [1.54, 1.807) is 39.8 Å². The minimum absolute atomic E-state index is 0.0507. The van der Waals surface area contributed by atoms with Gasteiger partial charge in [0, 0.05) is 29.3 Å². The van der Waals surface area contributed by atoms with Crippen LogP contribution in [0.4, 0.5) is 0 Å². The number of Topliss-reactive ketones (excluding diaryl/α,β-unsaturated/α-hetero) is 1. The Morgan fingerprint density at radius 3 is 2.15 bits per heavy atom. The summed E-state index contributed by atoms with van der Waals surface area (Å²) in [5.41, 5.74) is 0.931. The molecule has 0 heterocycles. The maximum absolute atomic E-state index is 12.3. The first-order chi connectivity index (χ1) is 16.0. The number of hydrogen-bond donors (Lipinski definition) is 2. The zero-order valence-corrected chi connectivity index (χ0v) is 20.2. The number of halogens is 1. The lowest BCUT2D eigenvalue weighted by atomic mass is 10.0. The van der Waals surface area contributed by atoms with Gasteiger partial charge in [0.15, 0.2) is 17.3 Å². The van der Waals surface area contributed by atoms with Crippen LogP contribution in [0.5, 0.6) is 17.2 Å². The van der Waals surface area contributed by atoms with Crippen LogP contribution in [-0.4, -0.2) is 46.8 Å². The number of ketones is 1. The summed E-state index contributed by atoms with van der Waals surface area (Å²) < 4.78 is 10.9. The van der Waals surface area contributed by atoms with Crippen LogP contribution in [0, 0.1) is 11.8 Å². The highest BCUT2D eigenvalue weighted by molar-refractivity contribution is 6.31. The summed E-state index contributed by atoms with van der Waals surface area (Å²) in [7, 11) is 0. The van der Waals surface area contributed by atoms with Crippen LogP contribution < -0.4 is 9.47 Å². The molecule has 34 heavy (non-hydrogen) atoms. The van der Waals surface area contributed by atoms with Crippen molar-refractivity contribution in [2.45, 2.75) is 40.2 Å². The fraction of sp³-hybridized carbons (Fsp3) is 0.360. The Morgan fingerprint density at radius 2 is 1.59 bits per heavy atom. The van der Waals surface area contributed by atoms with Crippen LogP contribution in [0.25, 0.3) is 0 Å². The summed E-state index contributed by atoms with van der Waals surface area (Å²) >= 11 is 6.21. The molecule has 8 nitrogen and oxygen atoms in total. The molecular formula is C25H28ClNO7. The van der Waals surface area contributed by atoms with E-state index in [0.717, 1.165) is 0 Å². The summed E-state index contributed by atoms with van der Waals surface area (Å²) in [4.78, 5) is 41.2. The monoisotopic (exact) mass is 489 g/mol. The molecule has 2 N–H and O–H groups in total. The molecule has 0 spiro atoms. The second-order valence-corrected chi connectivity index (χ2v) is 8.70. The average Bonchev–Trinajstić information content (AvgIpc) is 2.78. The second kappa shape index (κ2) is 12.3. The average molecular weight is 490 g/mol. The molecule has 0 saturated carbocycles. The first-order valence-electron chi connectivity index (χ1n) is 10.7. The van der Waals surface area contributed by atoms with Crippen molar-refractivity contribution in [1.82, 2.24) is 0 Å². The smallest absolute Gasteiger partial charge is 0.313 e. The SMILES string of the molecule is CC(C)C(=O)Oc1cc(Cl)cc(C=NC(Cc2ccc(O)cc2)C(=O)CO)c1OC(=O)C(C)C. The van der Waals surface area contributed by atoms with Gasteiger partial charge in [-0.25, -0.2) is 0 Å². The number of carbonyl (C=O) groups is 3. The van der Waals surface area contributed by atoms with E-state index in [1.165, 1.54) is 30.5 Å². The van der Waals surface area contributed by atoms with Crippen LogP contribution in [0.2, 0.25) is 5.02 Å². The van der Waals surface area contributed by atoms with Gasteiger partial charge in [-0.05, 0) is 23.8 Å². The van der Waals surface area contributed by atoms with Crippen molar-refractivity contribution in [3.8, 4) is 17.2 Å². The summed E-state index contributed by atoms with van der Waals surface area (Å²) in [6, 6.07) is 8.10. The number of aliphatic hydroxyl groups excluding tert-OH is 1. The van der Waals surface area contributed by atoms with Gasteiger partial charge in [-0.3, -0.25) is 19.4 Å². The van der Waals surface area contributed by atoms with Crippen LogP contribution in [0.15, 0.2) is 41.4 Å². The Morgan fingerprint density at radius 1 is 1.00 bits per heavy atom. The second-order valence-electron chi connectivity index (χ2n) is 8.26. The van der Waals surface area contributed by atoms with Crippen molar-refractivity contribution in [3.05, 3.63) is 52.5 Å². The highest BCUT2D eigenvalue weighted by Gasteiger charge is 2.22. The fourth-order valence-corrected chi connectivity index (χ4v) is 2.91. The van der Waals surface area contributed by atoms with E-state index in [4.69, 9.17) is 21.1 Å². The molecule has 0 aromatic heterocycles. The molecule has 0 aliphatic rings. The lowest BCUT2D eigenvalue weighted by Gasteiger charge is -2.16.